The maximum absolute atomic E-state index is 14.7. The normalized spacial score (nSPS) is 11.3. The molecule has 0 bridgehead atoms. The highest BCUT2D eigenvalue weighted by Crippen LogP contribution is 2.33. The maximum atomic E-state index is 14.7. The van der Waals surface area contributed by atoms with Crippen LogP contribution in [-0.4, -0.2) is 24.1 Å². The van der Waals surface area contributed by atoms with E-state index >= 15 is 0 Å². The summed E-state index contributed by atoms with van der Waals surface area (Å²) in [5.74, 6) is 0.396. The summed E-state index contributed by atoms with van der Waals surface area (Å²) in [5, 5.41) is 11.5. The Morgan fingerprint density at radius 2 is 1.91 bits per heavy atom. The number of aromatic nitrogens is 5. The maximum Gasteiger partial charge on any atom is 0.258 e. The molecule has 0 N–H and O–H groups in total. The van der Waals surface area contributed by atoms with Crippen LogP contribution in [0.25, 0.3) is 22.0 Å². The zero-order valence-electron chi connectivity index (χ0n) is 16.7. The minimum atomic E-state index is -0.408. The van der Waals surface area contributed by atoms with Crippen molar-refractivity contribution in [2.24, 2.45) is 0 Å². The SMILES string of the molecule is Cc1csc2nc(CSc3nnc(-c4ccccc4Cl)n3-c3ccccc3F)cc(=O)n12. The van der Waals surface area contributed by atoms with Gasteiger partial charge in [0.2, 0.25) is 0 Å². The number of rotatable bonds is 5. The topological polar surface area (TPSA) is 65.1 Å². The first-order valence-corrected chi connectivity index (χ1v) is 11.8. The standard InChI is InChI=1S/C22H15ClFN5OS2/c1-13-11-31-21-25-14(10-19(30)28(13)21)12-32-22-27-26-20(15-6-2-3-7-16(15)23)29(22)18-9-5-4-8-17(18)24/h2-11H,12H2,1H3. The molecule has 0 saturated carbocycles. The smallest absolute Gasteiger partial charge is 0.258 e. The lowest BCUT2D eigenvalue weighted by atomic mass is 10.2. The van der Waals surface area contributed by atoms with Crippen molar-refractivity contribution >= 4 is 39.7 Å². The van der Waals surface area contributed by atoms with Gasteiger partial charge in [0, 0.05) is 28.5 Å². The van der Waals surface area contributed by atoms with Crippen LogP contribution < -0.4 is 5.56 Å². The van der Waals surface area contributed by atoms with Crippen LogP contribution in [0.5, 0.6) is 0 Å². The number of halogens is 2. The molecule has 2 aromatic carbocycles. The molecule has 5 aromatic rings. The molecule has 3 aromatic heterocycles. The van der Waals surface area contributed by atoms with Crippen molar-refractivity contribution in [2.75, 3.05) is 0 Å². The number of thiazole rings is 1. The van der Waals surface area contributed by atoms with Gasteiger partial charge in [-0.25, -0.2) is 9.37 Å². The Morgan fingerprint density at radius 1 is 1.12 bits per heavy atom. The molecule has 0 unspecified atom stereocenters. The molecule has 0 spiro atoms. The monoisotopic (exact) mass is 483 g/mol. The second-order valence-corrected chi connectivity index (χ2v) is 9.13. The molecule has 0 aliphatic carbocycles. The van der Waals surface area contributed by atoms with Crippen LogP contribution in [0.4, 0.5) is 4.39 Å². The largest absolute Gasteiger partial charge is 0.269 e. The highest BCUT2D eigenvalue weighted by atomic mass is 35.5. The van der Waals surface area contributed by atoms with Gasteiger partial charge in [0.1, 0.15) is 5.82 Å². The highest BCUT2D eigenvalue weighted by Gasteiger charge is 2.20. The van der Waals surface area contributed by atoms with E-state index in [4.69, 9.17) is 11.6 Å². The summed E-state index contributed by atoms with van der Waals surface area (Å²) < 4.78 is 18.0. The molecule has 0 radical (unpaired) electrons. The predicted octanol–water partition coefficient (Wildman–Crippen LogP) is 5.40. The Bertz CT molecular complexity index is 1510. The molecular formula is C22H15ClFN5OS2. The molecule has 0 saturated heterocycles. The summed E-state index contributed by atoms with van der Waals surface area (Å²) in [5.41, 5.74) is 2.29. The van der Waals surface area contributed by atoms with E-state index in [0.717, 1.165) is 5.69 Å². The average Bonchev–Trinajstić information content (AvgIpc) is 3.37. The van der Waals surface area contributed by atoms with Crippen molar-refractivity contribution < 1.29 is 4.39 Å². The van der Waals surface area contributed by atoms with Crippen LogP contribution >= 0.6 is 34.7 Å². The van der Waals surface area contributed by atoms with Crippen molar-refractivity contribution in [1.29, 1.82) is 0 Å². The summed E-state index contributed by atoms with van der Waals surface area (Å²) in [7, 11) is 0. The van der Waals surface area contributed by atoms with Gasteiger partial charge in [0.25, 0.3) is 5.56 Å². The van der Waals surface area contributed by atoms with Crippen LogP contribution in [-0.2, 0) is 5.75 Å². The molecule has 0 aliphatic heterocycles. The van der Waals surface area contributed by atoms with E-state index in [1.54, 1.807) is 33.2 Å². The van der Waals surface area contributed by atoms with Crippen molar-refractivity contribution in [1.82, 2.24) is 24.1 Å². The molecule has 3 heterocycles. The van der Waals surface area contributed by atoms with Crippen molar-refractivity contribution in [3.05, 3.63) is 92.6 Å². The fraction of sp³-hybridized carbons (Fsp3) is 0.0909. The summed E-state index contributed by atoms with van der Waals surface area (Å²) in [6, 6.07) is 15.2. The van der Waals surface area contributed by atoms with E-state index in [9.17, 15) is 9.18 Å². The zero-order chi connectivity index (χ0) is 22.2. The van der Waals surface area contributed by atoms with Crippen LogP contribution in [0.1, 0.15) is 11.4 Å². The van der Waals surface area contributed by atoms with Gasteiger partial charge in [-0.2, -0.15) is 0 Å². The molecular weight excluding hydrogens is 469 g/mol. The molecule has 0 atom stereocenters. The summed E-state index contributed by atoms with van der Waals surface area (Å²) in [4.78, 5) is 17.7. The second kappa shape index (κ2) is 8.50. The third kappa shape index (κ3) is 3.72. The first-order valence-electron chi connectivity index (χ1n) is 9.58. The van der Waals surface area contributed by atoms with Crippen LogP contribution in [0.2, 0.25) is 5.02 Å². The molecule has 5 rings (SSSR count). The fourth-order valence-electron chi connectivity index (χ4n) is 3.34. The molecule has 0 fully saturated rings. The Kier molecular flexibility index (Phi) is 5.54. The van der Waals surface area contributed by atoms with Gasteiger partial charge in [-0.15, -0.1) is 21.5 Å². The molecule has 10 heteroatoms. The van der Waals surface area contributed by atoms with Crippen molar-refractivity contribution in [3.63, 3.8) is 0 Å². The van der Waals surface area contributed by atoms with Crippen LogP contribution in [0, 0.1) is 12.7 Å². The summed E-state index contributed by atoms with van der Waals surface area (Å²) in [6.45, 7) is 1.87. The number of benzene rings is 2. The number of nitrogens with zero attached hydrogens (tertiary/aromatic N) is 5. The van der Waals surface area contributed by atoms with Gasteiger partial charge in [-0.05, 0) is 31.2 Å². The number of thioether (sulfide) groups is 1. The van der Waals surface area contributed by atoms with Gasteiger partial charge >= 0.3 is 0 Å². The molecule has 160 valence electrons. The molecule has 6 nitrogen and oxygen atoms in total. The summed E-state index contributed by atoms with van der Waals surface area (Å²) >= 11 is 9.12. The number of para-hydroxylation sites is 1. The first kappa shape index (κ1) is 20.9. The predicted molar refractivity (Wildman–Crippen MR) is 125 cm³/mol. The first-order chi connectivity index (χ1) is 15.5. The molecule has 32 heavy (non-hydrogen) atoms. The Labute approximate surface area is 195 Å². The number of hydrogen-bond acceptors (Lipinski definition) is 6. The average molecular weight is 484 g/mol. The van der Waals surface area contributed by atoms with E-state index in [-0.39, 0.29) is 5.56 Å². The number of hydrogen-bond donors (Lipinski definition) is 0. The lowest BCUT2D eigenvalue weighted by Gasteiger charge is -2.12. The minimum Gasteiger partial charge on any atom is -0.269 e. The zero-order valence-corrected chi connectivity index (χ0v) is 19.1. The van der Waals surface area contributed by atoms with Crippen LogP contribution in [0.3, 0.4) is 0 Å². The van der Waals surface area contributed by atoms with E-state index < -0.39 is 5.82 Å². The van der Waals surface area contributed by atoms with Crippen LogP contribution in [0.15, 0.2) is 69.9 Å². The number of aryl methyl sites for hydroxylation is 1. The van der Waals surface area contributed by atoms with Gasteiger partial charge < -0.3 is 0 Å². The van der Waals surface area contributed by atoms with Gasteiger partial charge in [0.15, 0.2) is 15.9 Å². The minimum absolute atomic E-state index is 0.128. The van der Waals surface area contributed by atoms with Crippen molar-refractivity contribution in [2.45, 2.75) is 17.8 Å². The van der Waals surface area contributed by atoms with E-state index in [2.05, 4.69) is 15.2 Å². The highest BCUT2D eigenvalue weighted by molar-refractivity contribution is 7.98. The Morgan fingerprint density at radius 3 is 2.72 bits per heavy atom. The molecule has 0 amide bonds. The lowest BCUT2D eigenvalue weighted by molar-refractivity contribution is 0.613. The lowest BCUT2D eigenvalue weighted by Crippen LogP contribution is -2.14. The van der Waals surface area contributed by atoms with Gasteiger partial charge in [-0.3, -0.25) is 13.8 Å². The second-order valence-electron chi connectivity index (χ2n) is 6.94. The third-order valence-electron chi connectivity index (χ3n) is 4.82. The third-order valence-corrected chi connectivity index (χ3v) is 7.05. The van der Waals surface area contributed by atoms with E-state index in [1.165, 1.54) is 35.2 Å². The summed E-state index contributed by atoms with van der Waals surface area (Å²) in [6.07, 6.45) is 0. The fourth-order valence-corrected chi connectivity index (χ4v) is 5.29. The number of fused-ring (bicyclic) bond motifs is 1. The Hall–Kier alpha value is -3.01. The van der Waals surface area contributed by atoms with E-state index in [0.29, 0.717) is 43.7 Å². The molecule has 0 aliphatic rings. The van der Waals surface area contributed by atoms with Gasteiger partial charge in [0.05, 0.1) is 16.4 Å². The van der Waals surface area contributed by atoms with Crippen molar-refractivity contribution in [3.8, 4) is 17.1 Å². The Balaban J connectivity index is 1.57. The van der Waals surface area contributed by atoms with Gasteiger partial charge in [-0.1, -0.05) is 47.6 Å². The quantitative estimate of drug-likeness (QED) is 0.313. The van der Waals surface area contributed by atoms with E-state index in [1.807, 2.05) is 30.5 Å².